The van der Waals surface area contributed by atoms with Crippen LogP contribution in [0.2, 0.25) is 19.6 Å². The number of benzene rings is 4. The van der Waals surface area contributed by atoms with Gasteiger partial charge in [0, 0.05) is 43.1 Å². The maximum Gasteiger partial charge on any atom is 0.216 e. The average molecular weight is 891 g/mol. The molecule has 4 heterocycles. The molecule has 8 rings (SSSR count). The summed E-state index contributed by atoms with van der Waals surface area (Å²) in [6.07, 6.45) is 2.09. The number of furan rings is 1. The van der Waals surface area contributed by atoms with Crippen LogP contribution in [0.25, 0.3) is 61.4 Å². The molecule has 0 unspecified atom stereocenters. The van der Waals surface area contributed by atoms with Gasteiger partial charge in [0.15, 0.2) is 0 Å². The average Bonchev–Trinajstić information content (AvgIpc) is 3.69. The minimum Gasteiger partial charge on any atom is -0.486 e. The van der Waals surface area contributed by atoms with Crippen LogP contribution in [-0.2, 0) is 25.5 Å². The summed E-state index contributed by atoms with van der Waals surface area (Å²) < 4.78 is 8.47. The van der Waals surface area contributed by atoms with Gasteiger partial charge in [-0.1, -0.05) is 101 Å². The summed E-state index contributed by atoms with van der Waals surface area (Å²) >= 11 is 0. The third-order valence-corrected chi connectivity index (χ3v) is 11.6. The first kappa shape index (κ1) is 38.1. The number of imidazole rings is 1. The molecule has 0 amide bonds. The van der Waals surface area contributed by atoms with Gasteiger partial charge in [0.05, 0.1) is 30.5 Å². The molecule has 53 heavy (non-hydrogen) atoms. The monoisotopic (exact) mass is 891 g/mol. The SMILES string of the molecule is CC(C)c1cc(-c2[c-]cccc2)ncc1[Si](C)(C)C.Cc1ccc2c(n1)oc1c(-c3nc4ccccc4n3-c3ccc(C(C)(C)C)cc3)[c-]ccc12.[Ir]. The second kappa shape index (κ2) is 15.0. The van der Waals surface area contributed by atoms with Gasteiger partial charge in [0.2, 0.25) is 5.71 Å². The van der Waals surface area contributed by atoms with E-state index in [1.807, 2.05) is 61.5 Å². The van der Waals surface area contributed by atoms with Crippen LogP contribution in [0.4, 0.5) is 0 Å². The van der Waals surface area contributed by atoms with Crippen LogP contribution in [0.1, 0.15) is 57.4 Å². The number of rotatable bonds is 5. The van der Waals surface area contributed by atoms with Crippen molar-refractivity contribution in [1.29, 1.82) is 0 Å². The molecule has 0 fully saturated rings. The van der Waals surface area contributed by atoms with Gasteiger partial charge in [0.1, 0.15) is 0 Å². The minimum atomic E-state index is -1.34. The summed E-state index contributed by atoms with van der Waals surface area (Å²) in [5.41, 5.74) is 11.1. The quantitative estimate of drug-likeness (QED) is 0.128. The molecule has 8 aromatic rings. The molecule has 4 aromatic carbocycles. The Bertz CT molecular complexity index is 2520. The fourth-order valence-electron chi connectivity index (χ4n) is 6.72. The first-order chi connectivity index (χ1) is 24.8. The number of para-hydroxylation sites is 2. The third kappa shape index (κ3) is 7.70. The zero-order chi connectivity index (χ0) is 36.8. The molecule has 271 valence electrons. The van der Waals surface area contributed by atoms with Crippen LogP contribution in [0.3, 0.4) is 0 Å². The van der Waals surface area contributed by atoms with Gasteiger partial charge >= 0.3 is 0 Å². The van der Waals surface area contributed by atoms with E-state index in [0.29, 0.717) is 11.6 Å². The molecule has 0 spiro atoms. The molecule has 0 saturated carbocycles. The largest absolute Gasteiger partial charge is 0.486 e. The smallest absolute Gasteiger partial charge is 0.216 e. The number of fused-ring (bicyclic) bond motifs is 4. The van der Waals surface area contributed by atoms with E-state index in [4.69, 9.17) is 9.40 Å². The van der Waals surface area contributed by atoms with Crippen molar-refractivity contribution in [2.24, 2.45) is 0 Å². The Hall–Kier alpha value is -4.68. The molecule has 0 N–H and O–H groups in total. The molecule has 0 saturated heterocycles. The van der Waals surface area contributed by atoms with Crippen molar-refractivity contribution in [2.75, 3.05) is 0 Å². The summed E-state index contributed by atoms with van der Waals surface area (Å²) in [5, 5.41) is 3.50. The van der Waals surface area contributed by atoms with Gasteiger partial charge in [-0.25, -0.2) is 4.98 Å². The first-order valence-electron chi connectivity index (χ1n) is 18.1. The molecule has 0 bridgehead atoms. The van der Waals surface area contributed by atoms with E-state index in [1.54, 1.807) is 0 Å². The van der Waals surface area contributed by atoms with Crippen LogP contribution >= 0.6 is 0 Å². The standard InChI is InChI=1S/C29H24N3O.C17H22NSi.Ir/c1-18-12-17-22-21-8-7-9-23(26(21)33-28(22)30-18)27-31-24-10-5-6-11-25(24)32(27)20-15-13-19(14-16-20)29(2,3)4;1-13(2)15-11-16(14-9-7-6-8-10-14)18-12-17(15)19(3,4)5;/h5-8,10-17H,1-4H3;6-9,11-13H,1-5H3;/q2*-1;. The number of nitrogens with zero attached hydrogens (tertiary/aromatic N) is 4. The first-order valence-corrected chi connectivity index (χ1v) is 21.6. The van der Waals surface area contributed by atoms with Crippen LogP contribution in [0, 0.1) is 19.1 Å². The van der Waals surface area contributed by atoms with Crippen molar-refractivity contribution in [1.82, 2.24) is 19.5 Å². The van der Waals surface area contributed by atoms with Gasteiger partial charge < -0.3 is 14.0 Å². The fourth-order valence-corrected chi connectivity index (χ4v) is 8.40. The zero-order valence-corrected chi connectivity index (χ0v) is 35.4. The molecule has 0 aliphatic heterocycles. The second-order valence-electron chi connectivity index (χ2n) is 15.9. The molecule has 7 heteroatoms. The van der Waals surface area contributed by atoms with Crippen LogP contribution in [0.5, 0.6) is 0 Å². The maximum absolute atomic E-state index is 6.27. The van der Waals surface area contributed by atoms with Crippen molar-refractivity contribution in [2.45, 2.75) is 72.5 Å². The van der Waals surface area contributed by atoms with Crippen molar-refractivity contribution < 1.29 is 24.5 Å². The van der Waals surface area contributed by atoms with Crippen molar-refractivity contribution in [3.63, 3.8) is 0 Å². The predicted octanol–water partition coefficient (Wildman–Crippen LogP) is 11.6. The molecule has 1 radical (unpaired) electrons. The molecule has 0 aliphatic carbocycles. The predicted molar refractivity (Wildman–Crippen MR) is 219 cm³/mol. The number of pyridine rings is 2. The van der Waals surface area contributed by atoms with Gasteiger partial charge in [-0.3, -0.25) is 4.98 Å². The van der Waals surface area contributed by atoms with Gasteiger partial charge in [0.25, 0.3) is 0 Å². The summed E-state index contributed by atoms with van der Waals surface area (Å²) in [7, 11) is -1.34. The molecule has 0 atom stereocenters. The Morgan fingerprint density at radius 1 is 0.792 bits per heavy atom. The Morgan fingerprint density at radius 3 is 2.21 bits per heavy atom. The van der Waals surface area contributed by atoms with Crippen molar-refractivity contribution in [3.05, 3.63) is 138 Å². The summed E-state index contributed by atoms with van der Waals surface area (Å²) in [4.78, 5) is 14.3. The van der Waals surface area contributed by atoms with E-state index < -0.39 is 8.07 Å². The Balaban J connectivity index is 0.000000206. The molecule has 5 nitrogen and oxygen atoms in total. The second-order valence-corrected chi connectivity index (χ2v) is 20.9. The van der Waals surface area contributed by atoms with E-state index in [2.05, 4.69) is 136 Å². The fraction of sp³-hybridized carbons (Fsp3) is 0.239. The van der Waals surface area contributed by atoms with Gasteiger partial charge in [-0.15, -0.1) is 54.1 Å². The number of hydrogen-bond acceptors (Lipinski definition) is 4. The number of aryl methyl sites for hydroxylation is 1. The molecule has 0 aliphatic rings. The third-order valence-electron chi connectivity index (χ3n) is 9.56. The zero-order valence-electron chi connectivity index (χ0n) is 32.0. The Morgan fingerprint density at radius 2 is 1.53 bits per heavy atom. The summed E-state index contributed by atoms with van der Waals surface area (Å²) in [5.74, 6) is 1.34. The molecular formula is C46H46IrN4OSi-2. The van der Waals surface area contributed by atoms with E-state index in [-0.39, 0.29) is 25.5 Å². The minimum absolute atomic E-state index is 0. The van der Waals surface area contributed by atoms with E-state index in [0.717, 1.165) is 61.4 Å². The van der Waals surface area contributed by atoms with Gasteiger partial charge in [-0.2, -0.15) is 0 Å². The number of hydrogen-bond donors (Lipinski definition) is 0. The van der Waals surface area contributed by atoms with Crippen LogP contribution in [0.15, 0.2) is 114 Å². The van der Waals surface area contributed by atoms with Gasteiger partial charge in [-0.05, 0) is 71.1 Å². The normalized spacial score (nSPS) is 11.9. The van der Waals surface area contributed by atoms with Crippen LogP contribution < -0.4 is 5.19 Å². The number of aromatic nitrogens is 4. The van der Waals surface area contributed by atoms with E-state index >= 15 is 0 Å². The summed E-state index contributed by atoms with van der Waals surface area (Å²) in [6, 6.07) is 42.0. The topological polar surface area (TPSA) is 56.7 Å². The Kier molecular flexibility index (Phi) is 10.8. The molecular weight excluding hydrogens is 845 g/mol. The van der Waals surface area contributed by atoms with E-state index in [9.17, 15) is 0 Å². The van der Waals surface area contributed by atoms with Crippen molar-refractivity contribution >= 4 is 46.4 Å². The Labute approximate surface area is 327 Å². The van der Waals surface area contributed by atoms with E-state index in [1.165, 1.54) is 16.3 Å². The van der Waals surface area contributed by atoms with Crippen LogP contribution in [-0.4, -0.2) is 27.6 Å². The summed E-state index contributed by atoms with van der Waals surface area (Å²) in [6.45, 7) is 20.3. The van der Waals surface area contributed by atoms with Crippen molar-refractivity contribution in [3.8, 4) is 28.3 Å². The maximum atomic E-state index is 6.27. The molecule has 4 aromatic heterocycles.